The third-order valence-electron chi connectivity index (χ3n) is 3.24. The number of nitrogens with zero attached hydrogens (tertiary/aromatic N) is 1. The summed E-state index contributed by atoms with van der Waals surface area (Å²) in [5, 5.41) is 47.3. The lowest BCUT2D eigenvalue weighted by molar-refractivity contribution is -0.150. The summed E-state index contributed by atoms with van der Waals surface area (Å²) in [4.78, 5) is 0.989. The first-order valence-electron chi connectivity index (χ1n) is 6.06. The van der Waals surface area contributed by atoms with Crippen molar-refractivity contribution in [2.24, 2.45) is 0 Å². The van der Waals surface area contributed by atoms with Crippen molar-refractivity contribution in [2.75, 3.05) is 32.1 Å². The molecule has 0 aliphatic rings. The second-order valence-electron chi connectivity index (χ2n) is 4.52. The van der Waals surface area contributed by atoms with Crippen LogP contribution < -0.4 is 0 Å². The average Bonchev–Trinajstić information content (AvgIpc) is 2.37. The summed E-state index contributed by atoms with van der Waals surface area (Å²) < 4.78 is 31.8. The first kappa shape index (κ1) is 19.7. The first-order chi connectivity index (χ1) is 9.17. The Labute approximate surface area is 117 Å². The molecule has 0 amide bonds. The van der Waals surface area contributed by atoms with E-state index in [1.165, 1.54) is 0 Å². The number of hydrogen-bond donors (Lipinski definition) is 5. The molecule has 10 heteroatoms. The molecule has 0 aromatic rings. The molecule has 0 saturated carbocycles. The molecule has 9 nitrogen and oxygen atoms in total. The van der Waals surface area contributed by atoms with Gasteiger partial charge in [0, 0.05) is 6.54 Å². The maximum absolute atomic E-state index is 10.6. The second kappa shape index (κ2) is 8.20. The molecule has 2 atom stereocenters. The van der Waals surface area contributed by atoms with E-state index in [4.69, 9.17) is 5.11 Å². The number of rotatable bonds is 10. The van der Waals surface area contributed by atoms with Crippen LogP contribution in [0.4, 0.5) is 0 Å². The van der Waals surface area contributed by atoms with Gasteiger partial charge in [-0.05, 0) is 6.42 Å². The molecule has 0 rings (SSSR count). The largest absolute Gasteiger partial charge is 0.748 e. The number of β-amino-alcohol motifs (C(OH)–C–C–N with tert-alkyl or cyclic N) is 1. The maximum Gasteiger partial charge on any atom is 0.135 e. The van der Waals surface area contributed by atoms with Crippen LogP contribution in [0.15, 0.2) is 0 Å². The van der Waals surface area contributed by atoms with Crippen molar-refractivity contribution in [3.63, 3.8) is 0 Å². The van der Waals surface area contributed by atoms with Crippen LogP contribution in [0.2, 0.25) is 0 Å². The predicted octanol–water partition coefficient (Wildman–Crippen LogP) is -3.36. The number of aliphatic hydroxyl groups is 5. The molecule has 0 aromatic carbocycles. The van der Waals surface area contributed by atoms with E-state index in [9.17, 15) is 33.4 Å². The van der Waals surface area contributed by atoms with E-state index in [0.29, 0.717) is 0 Å². The van der Waals surface area contributed by atoms with Crippen molar-refractivity contribution in [1.82, 2.24) is 4.90 Å². The summed E-state index contributed by atoms with van der Waals surface area (Å²) in [5.41, 5.74) is -1.35. The van der Waals surface area contributed by atoms with E-state index in [-0.39, 0.29) is 13.0 Å². The Balaban J connectivity index is 5.25. The van der Waals surface area contributed by atoms with Crippen LogP contribution in [0.5, 0.6) is 0 Å². The highest BCUT2D eigenvalue weighted by Crippen LogP contribution is 2.22. The fourth-order valence-electron chi connectivity index (χ4n) is 1.92. The predicted molar refractivity (Wildman–Crippen MR) is 67.6 cm³/mol. The van der Waals surface area contributed by atoms with Crippen molar-refractivity contribution in [1.29, 1.82) is 0 Å². The highest BCUT2D eigenvalue weighted by atomic mass is 32.2. The highest BCUT2D eigenvalue weighted by molar-refractivity contribution is 7.85. The Hall–Kier alpha value is -0.330. The van der Waals surface area contributed by atoms with E-state index in [2.05, 4.69) is 0 Å². The van der Waals surface area contributed by atoms with Gasteiger partial charge in [0.05, 0.1) is 41.2 Å². The fourth-order valence-corrected chi connectivity index (χ4v) is 2.51. The van der Waals surface area contributed by atoms with Gasteiger partial charge in [0.1, 0.15) is 12.3 Å². The molecule has 0 aliphatic heterocycles. The average molecular weight is 316 g/mol. The molecule has 0 aliphatic carbocycles. The van der Waals surface area contributed by atoms with Gasteiger partial charge in [-0.25, -0.2) is 8.42 Å². The van der Waals surface area contributed by atoms with E-state index < -0.39 is 53.6 Å². The lowest BCUT2D eigenvalue weighted by Gasteiger charge is -2.44. The zero-order valence-electron chi connectivity index (χ0n) is 11.2. The SMILES string of the molecule is CCC(CO)(CO)N(CCO)C(O)C(O)CS(=O)(=O)[O-]. The van der Waals surface area contributed by atoms with Crippen LogP contribution in [0.1, 0.15) is 13.3 Å². The molecular formula is C10H22NO8S-. The Morgan fingerprint density at radius 1 is 1.20 bits per heavy atom. The molecule has 0 bridgehead atoms. The molecule has 0 fully saturated rings. The van der Waals surface area contributed by atoms with Crippen molar-refractivity contribution in [3.05, 3.63) is 0 Å². The molecule has 0 heterocycles. The number of aliphatic hydroxyl groups excluding tert-OH is 5. The Kier molecular flexibility index (Phi) is 8.06. The van der Waals surface area contributed by atoms with Crippen LogP contribution in [-0.4, -0.2) is 93.4 Å². The summed E-state index contributed by atoms with van der Waals surface area (Å²) in [6.07, 6.45) is -3.59. The van der Waals surface area contributed by atoms with Crippen LogP contribution in [0, 0.1) is 0 Å². The smallest absolute Gasteiger partial charge is 0.135 e. The Morgan fingerprint density at radius 2 is 1.70 bits per heavy atom. The van der Waals surface area contributed by atoms with E-state index in [1.807, 2.05) is 0 Å². The monoisotopic (exact) mass is 316 g/mol. The normalized spacial score (nSPS) is 16.4. The molecule has 0 radical (unpaired) electrons. The van der Waals surface area contributed by atoms with Crippen molar-refractivity contribution >= 4 is 10.1 Å². The molecule has 5 N–H and O–H groups in total. The van der Waals surface area contributed by atoms with Crippen LogP contribution in [0.25, 0.3) is 0 Å². The maximum atomic E-state index is 10.6. The molecule has 2 unspecified atom stereocenters. The zero-order chi connectivity index (χ0) is 16.0. The molecule has 20 heavy (non-hydrogen) atoms. The molecule has 0 spiro atoms. The quantitative estimate of drug-likeness (QED) is 0.205. The van der Waals surface area contributed by atoms with Crippen molar-refractivity contribution in [3.8, 4) is 0 Å². The van der Waals surface area contributed by atoms with Gasteiger partial charge in [-0.3, -0.25) is 4.90 Å². The number of hydrogen-bond acceptors (Lipinski definition) is 9. The minimum absolute atomic E-state index is 0.161. The first-order valence-corrected chi connectivity index (χ1v) is 7.64. The van der Waals surface area contributed by atoms with Gasteiger partial charge in [0.25, 0.3) is 0 Å². The van der Waals surface area contributed by atoms with Crippen molar-refractivity contribution in [2.45, 2.75) is 31.2 Å². The van der Waals surface area contributed by atoms with E-state index in [1.54, 1.807) is 6.92 Å². The van der Waals surface area contributed by atoms with Gasteiger partial charge in [-0.2, -0.15) is 0 Å². The Bertz CT molecular complexity index is 361. The van der Waals surface area contributed by atoms with Crippen molar-refractivity contribution < 1.29 is 38.5 Å². The summed E-state index contributed by atoms with van der Waals surface area (Å²) >= 11 is 0. The van der Waals surface area contributed by atoms with Gasteiger partial charge < -0.3 is 30.1 Å². The standard InChI is InChI=1S/C10H23NO8S/c1-2-10(6-13,7-14)11(3-4-12)9(16)8(15)5-20(17,18)19/h8-9,12-16H,2-7H2,1H3,(H,17,18,19)/p-1. The van der Waals surface area contributed by atoms with Crippen LogP contribution >= 0.6 is 0 Å². The molecular weight excluding hydrogens is 294 g/mol. The van der Waals surface area contributed by atoms with Gasteiger partial charge >= 0.3 is 0 Å². The molecule has 0 aromatic heterocycles. The molecule has 0 saturated heterocycles. The van der Waals surface area contributed by atoms with Gasteiger partial charge in [0.2, 0.25) is 0 Å². The van der Waals surface area contributed by atoms with Gasteiger partial charge in [-0.15, -0.1) is 0 Å². The highest BCUT2D eigenvalue weighted by Gasteiger charge is 2.40. The third kappa shape index (κ3) is 5.22. The van der Waals surface area contributed by atoms with Gasteiger partial charge in [-0.1, -0.05) is 6.92 Å². The topological polar surface area (TPSA) is 162 Å². The van der Waals surface area contributed by atoms with E-state index >= 15 is 0 Å². The van der Waals surface area contributed by atoms with Crippen LogP contribution in [0.3, 0.4) is 0 Å². The third-order valence-corrected chi connectivity index (χ3v) is 3.99. The Morgan fingerprint density at radius 3 is 2.00 bits per heavy atom. The zero-order valence-corrected chi connectivity index (χ0v) is 12.0. The summed E-state index contributed by atoms with van der Waals surface area (Å²) in [7, 11) is -4.76. The van der Waals surface area contributed by atoms with E-state index in [0.717, 1.165) is 4.90 Å². The minimum atomic E-state index is -4.76. The lowest BCUT2D eigenvalue weighted by Crippen LogP contribution is -2.62. The second-order valence-corrected chi connectivity index (χ2v) is 5.97. The van der Waals surface area contributed by atoms with Gasteiger partial charge in [0.15, 0.2) is 0 Å². The molecule has 122 valence electrons. The van der Waals surface area contributed by atoms with Crippen LogP contribution in [-0.2, 0) is 10.1 Å². The fraction of sp³-hybridized carbons (Fsp3) is 1.00. The summed E-state index contributed by atoms with van der Waals surface area (Å²) in [6, 6.07) is 0. The minimum Gasteiger partial charge on any atom is -0.748 e. The lowest BCUT2D eigenvalue weighted by atomic mass is 9.94. The summed E-state index contributed by atoms with van der Waals surface area (Å²) in [6.45, 7) is -0.274. The summed E-state index contributed by atoms with van der Waals surface area (Å²) in [5.74, 6) is -1.22.